The van der Waals surface area contributed by atoms with Crippen molar-refractivity contribution in [2.24, 2.45) is 0 Å². The number of rotatable bonds is 7. The van der Waals surface area contributed by atoms with Gasteiger partial charge in [-0.25, -0.2) is 0 Å². The molecule has 0 nitrogen and oxygen atoms in total. The lowest BCUT2D eigenvalue weighted by Crippen LogP contribution is -2.64. The molecule has 0 heterocycles. The fraction of sp³-hybridized carbons (Fsp3) is 0.647. The molecule has 1 aromatic carbocycles. The maximum absolute atomic E-state index is 2.58. The van der Waals surface area contributed by atoms with E-state index in [1.165, 1.54) is 24.2 Å². The van der Waals surface area contributed by atoms with Gasteiger partial charge in [0, 0.05) is 8.89 Å². The summed E-state index contributed by atoms with van der Waals surface area (Å²) in [4.78, 5) is 1.47. The van der Waals surface area contributed by atoms with E-state index in [0.717, 1.165) is 0 Å². The smallest absolute Gasteiger partial charge is 0.0596 e. The molecule has 0 amide bonds. The molecule has 20 heavy (non-hydrogen) atoms. The topological polar surface area (TPSA) is 0 Å². The van der Waals surface area contributed by atoms with Gasteiger partial charge in [-0.15, -0.1) is 11.8 Å². The SMILES string of the molecule is CCCCC(Sc1ccccc1)([Si](C)(C)C)[Si](C)(C)C. The second-order valence-corrected chi connectivity index (χ2v) is 21.1. The molecule has 3 heteroatoms. The van der Waals surface area contributed by atoms with E-state index in [0.29, 0.717) is 3.99 Å². The third kappa shape index (κ3) is 4.02. The molecule has 1 rings (SSSR count). The van der Waals surface area contributed by atoms with Gasteiger partial charge >= 0.3 is 0 Å². The van der Waals surface area contributed by atoms with Gasteiger partial charge in [-0.05, 0) is 18.6 Å². The molecule has 0 aliphatic carbocycles. The fourth-order valence-corrected chi connectivity index (χ4v) is 18.3. The van der Waals surface area contributed by atoms with Crippen LogP contribution in [0.5, 0.6) is 0 Å². The molecule has 0 radical (unpaired) electrons. The summed E-state index contributed by atoms with van der Waals surface area (Å²) >= 11 is 2.21. The van der Waals surface area contributed by atoms with Crippen molar-refractivity contribution in [3.8, 4) is 0 Å². The number of benzene rings is 1. The summed E-state index contributed by atoms with van der Waals surface area (Å²) in [6.45, 7) is 17.8. The number of unbranched alkanes of at least 4 members (excludes halogenated alkanes) is 1. The van der Waals surface area contributed by atoms with Gasteiger partial charge in [-0.2, -0.15) is 0 Å². The van der Waals surface area contributed by atoms with Crippen LogP contribution in [0.3, 0.4) is 0 Å². The third-order valence-electron chi connectivity index (χ3n) is 4.34. The van der Waals surface area contributed by atoms with Crippen molar-refractivity contribution >= 4 is 27.9 Å². The van der Waals surface area contributed by atoms with E-state index in [1.807, 2.05) is 0 Å². The van der Waals surface area contributed by atoms with E-state index in [-0.39, 0.29) is 0 Å². The van der Waals surface area contributed by atoms with E-state index < -0.39 is 16.1 Å². The summed E-state index contributed by atoms with van der Waals surface area (Å²) in [5.74, 6) is 0. The summed E-state index contributed by atoms with van der Waals surface area (Å²) in [6, 6.07) is 11.1. The van der Waals surface area contributed by atoms with Crippen molar-refractivity contribution in [2.45, 2.75) is 74.4 Å². The molecule has 0 fully saturated rings. The normalized spacial score (nSPS) is 13.6. The molecule has 0 spiro atoms. The average Bonchev–Trinajstić information content (AvgIpc) is 2.32. The summed E-state index contributed by atoms with van der Waals surface area (Å²) in [5, 5.41) is 0. The van der Waals surface area contributed by atoms with Crippen molar-refractivity contribution in [3.05, 3.63) is 30.3 Å². The van der Waals surface area contributed by atoms with Gasteiger partial charge in [0.1, 0.15) is 0 Å². The van der Waals surface area contributed by atoms with Crippen LogP contribution in [0.4, 0.5) is 0 Å². The zero-order valence-corrected chi connectivity index (χ0v) is 17.2. The quantitative estimate of drug-likeness (QED) is 0.409. The Bertz CT molecular complexity index is 387. The van der Waals surface area contributed by atoms with Crippen LogP contribution in [-0.2, 0) is 0 Å². The van der Waals surface area contributed by atoms with Crippen LogP contribution < -0.4 is 0 Å². The summed E-state index contributed by atoms with van der Waals surface area (Å²) < 4.78 is 0.525. The van der Waals surface area contributed by atoms with Gasteiger partial charge in [-0.3, -0.25) is 0 Å². The molecular weight excluding hydrogens is 292 g/mol. The maximum atomic E-state index is 2.58. The van der Waals surface area contributed by atoms with Crippen LogP contribution in [0.15, 0.2) is 35.2 Å². The van der Waals surface area contributed by atoms with Crippen LogP contribution in [0.1, 0.15) is 26.2 Å². The predicted molar refractivity (Wildman–Crippen MR) is 101 cm³/mol. The first-order chi connectivity index (χ1) is 9.14. The zero-order chi connectivity index (χ0) is 15.4. The molecular formula is C17H32SSi2. The number of hydrogen-bond donors (Lipinski definition) is 0. The average molecular weight is 325 g/mol. The second kappa shape index (κ2) is 6.84. The Morgan fingerprint density at radius 3 is 1.80 bits per heavy atom. The Kier molecular flexibility index (Phi) is 6.18. The van der Waals surface area contributed by atoms with Gasteiger partial charge in [0.2, 0.25) is 0 Å². The van der Waals surface area contributed by atoms with Gasteiger partial charge in [-0.1, -0.05) is 77.2 Å². The lowest BCUT2D eigenvalue weighted by atomic mass is 10.3. The lowest BCUT2D eigenvalue weighted by Gasteiger charge is -2.52. The molecule has 0 N–H and O–H groups in total. The predicted octanol–water partition coefficient (Wildman–Crippen LogP) is 6.46. The highest BCUT2D eigenvalue weighted by Crippen LogP contribution is 2.49. The van der Waals surface area contributed by atoms with Crippen LogP contribution in [0.25, 0.3) is 0 Å². The Labute approximate surface area is 132 Å². The van der Waals surface area contributed by atoms with Gasteiger partial charge < -0.3 is 0 Å². The molecule has 0 atom stereocenters. The van der Waals surface area contributed by atoms with E-state index >= 15 is 0 Å². The van der Waals surface area contributed by atoms with Crippen LogP contribution in [-0.4, -0.2) is 20.1 Å². The highest BCUT2D eigenvalue weighted by molar-refractivity contribution is 8.04. The largest absolute Gasteiger partial charge is 0.126 e. The Morgan fingerprint density at radius 1 is 0.900 bits per heavy atom. The molecule has 0 saturated carbocycles. The van der Waals surface area contributed by atoms with Crippen LogP contribution in [0, 0.1) is 0 Å². The van der Waals surface area contributed by atoms with Gasteiger partial charge in [0.05, 0.1) is 16.1 Å². The van der Waals surface area contributed by atoms with Gasteiger partial charge in [0.25, 0.3) is 0 Å². The highest BCUT2D eigenvalue weighted by atomic mass is 32.2. The van der Waals surface area contributed by atoms with Crippen molar-refractivity contribution in [2.75, 3.05) is 0 Å². The standard InChI is InChI=1S/C17H32SSi2/c1-8-9-15-17(19(2,3)4,20(5,6)7)18-16-13-11-10-12-14-16/h10-14H,8-9,15H2,1-7H3. The summed E-state index contributed by atoms with van der Waals surface area (Å²) in [6.07, 6.45) is 4.08. The molecule has 0 unspecified atom stereocenters. The van der Waals surface area contributed by atoms with Crippen molar-refractivity contribution in [3.63, 3.8) is 0 Å². The van der Waals surface area contributed by atoms with Crippen molar-refractivity contribution < 1.29 is 0 Å². The van der Waals surface area contributed by atoms with E-state index in [9.17, 15) is 0 Å². The van der Waals surface area contributed by atoms with E-state index in [4.69, 9.17) is 0 Å². The summed E-state index contributed by atoms with van der Waals surface area (Å²) in [5.41, 5.74) is 0. The first-order valence-corrected chi connectivity index (χ1v) is 15.7. The molecule has 114 valence electrons. The van der Waals surface area contributed by atoms with Crippen LogP contribution >= 0.6 is 11.8 Å². The zero-order valence-electron chi connectivity index (χ0n) is 14.4. The molecule has 1 aromatic rings. The fourth-order valence-electron chi connectivity index (χ4n) is 3.35. The van der Waals surface area contributed by atoms with E-state index in [1.54, 1.807) is 0 Å². The first kappa shape index (κ1) is 18.1. The second-order valence-electron chi connectivity index (χ2n) is 7.85. The summed E-state index contributed by atoms with van der Waals surface area (Å²) in [7, 11) is -2.54. The maximum Gasteiger partial charge on any atom is 0.0596 e. The minimum atomic E-state index is -1.27. The Hall–Kier alpha value is 0.00377. The molecule has 0 aliphatic heterocycles. The molecule has 0 aromatic heterocycles. The van der Waals surface area contributed by atoms with Gasteiger partial charge in [0.15, 0.2) is 0 Å². The minimum absolute atomic E-state index is 0.525. The molecule has 0 saturated heterocycles. The Morgan fingerprint density at radius 2 is 1.40 bits per heavy atom. The monoisotopic (exact) mass is 324 g/mol. The number of thioether (sulfide) groups is 1. The van der Waals surface area contributed by atoms with Crippen LogP contribution in [0.2, 0.25) is 39.3 Å². The van der Waals surface area contributed by atoms with Crippen molar-refractivity contribution in [1.82, 2.24) is 0 Å². The molecule has 0 aliphatic rings. The highest BCUT2D eigenvalue weighted by Gasteiger charge is 2.52. The third-order valence-corrected chi connectivity index (χ3v) is 19.5. The van der Waals surface area contributed by atoms with E-state index in [2.05, 4.69) is 88.3 Å². The molecule has 0 bridgehead atoms. The first-order valence-electron chi connectivity index (χ1n) is 7.88. The lowest BCUT2D eigenvalue weighted by molar-refractivity contribution is 0.712. The minimum Gasteiger partial charge on any atom is -0.126 e. The Balaban J connectivity index is 3.23. The number of hydrogen-bond acceptors (Lipinski definition) is 1. The van der Waals surface area contributed by atoms with Crippen molar-refractivity contribution in [1.29, 1.82) is 0 Å².